The summed E-state index contributed by atoms with van der Waals surface area (Å²) < 4.78 is 11.5. The molecule has 4 heteroatoms. The maximum atomic E-state index is 8.84. The van der Waals surface area contributed by atoms with E-state index in [-0.39, 0.29) is 0 Å². The van der Waals surface area contributed by atoms with Gasteiger partial charge in [0.25, 0.3) is 0 Å². The van der Waals surface area contributed by atoms with E-state index in [9.17, 15) is 0 Å². The minimum atomic E-state index is 0.457. The van der Waals surface area contributed by atoms with Crippen molar-refractivity contribution in [3.05, 3.63) is 28.2 Å². The first-order valence-electron chi connectivity index (χ1n) is 4.68. The third kappa shape index (κ3) is 3.90. The van der Waals surface area contributed by atoms with E-state index in [4.69, 9.17) is 14.7 Å². The fourth-order valence-electron chi connectivity index (χ4n) is 1.06. The summed E-state index contributed by atoms with van der Waals surface area (Å²) in [5, 5.41) is 8.84. The molecule has 0 atom stereocenters. The molecule has 0 heterocycles. The van der Waals surface area contributed by atoms with Crippen LogP contribution in [0.3, 0.4) is 0 Å². The SMILES string of the molecule is CCOCCOc1cc(Br)ccc1C#N. The summed E-state index contributed by atoms with van der Waals surface area (Å²) in [6.07, 6.45) is 0. The van der Waals surface area contributed by atoms with Gasteiger partial charge in [0.15, 0.2) is 0 Å². The molecule has 0 saturated heterocycles. The molecule has 0 bridgehead atoms. The first-order valence-corrected chi connectivity index (χ1v) is 5.47. The number of nitriles is 1. The second kappa shape index (κ2) is 6.44. The van der Waals surface area contributed by atoms with Gasteiger partial charge < -0.3 is 9.47 Å². The minimum absolute atomic E-state index is 0.457. The lowest BCUT2D eigenvalue weighted by Gasteiger charge is -2.07. The highest BCUT2D eigenvalue weighted by atomic mass is 79.9. The zero-order valence-electron chi connectivity index (χ0n) is 8.50. The first-order chi connectivity index (χ1) is 7.27. The molecular weight excluding hydrogens is 258 g/mol. The molecule has 0 fully saturated rings. The number of benzene rings is 1. The Morgan fingerprint density at radius 3 is 2.87 bits per heavy atom. The number of hydrogen-bond acceptors (Lipinski definition) is 3. The normalized spacial score (nSPS) is 9.67. The average molecular weight is 270 g/mol. The van der Waals surface area contributed by atoms with Gasteiger partial charge in [0, 0.05) is 11.1 Å². The third-order valence-corrected chi connectivity index (χ3v) is 2.25. The lowest BCUT2D eigenvalue weighted by atomic mass is 10.2. The van der Waals surface area contributed by atoms with Gasteiger partial charge in [-0.1, -0.05) is 15.9 Å². The van der Waals surface area contributed by atoms with Gasteiger partial charge in [-0.05, 0) is 25.1 Å². The van der Waals surface area contributed by atoms with Gasteiger partial charge in [0.1, 0.15) is 18.4 Å². The third-order valence-electron chi connectivity index (χ3n) is 1.75. The van der Waals surface area contributed by atoms with Gasteiger partial charge in [-0.15, -0.1) is 0 Å². The molecule has 0 aliphatic carbocycles. The van der Waals surface area contributed by atoms with E-state index < -0.39 is 0 Å². The number of rotatable bonds is 5. The zero-order chi connectivity index (χ0) is 11.1. The van der Waals surface area contributed by atoms with Crippen LogP contribution < -0.4 is 4.74 Å². The predicted octanol–water partition coefficient (Wildman–Crippen LogP) is 2.74. The Balaban J connectivity index is 2.59. The molecular formula is C11H12BrNO2. The Kier molecular flexibility index (Phi) is 5.16. The van der Waals surface area contributed by atoms with Crippen LogP contribution in [0.15, 0.2) is 22.7 Å². The van der Waals surface area contributed by atoms with Crippen LogP contribution >= 0.6 is 15.9 Å². The average Bonchev–Trinajstić information content (AvgIpc) is 2.25. The summed E-state index contributed by atoms with van der Waals surface area (Å²) in [6, 6.07) is 7.40. The Hall–Kier alpha value is -1.05. The van der Waals surface area contributed by atoms with E-state index in [1.165, 1.54) is 0 Å². The van der Waals surface area contributed by atoms with E-state index in [0.717, 1.165) is 4.47 Å². The maximum Gasteiger partial charge on any atom is 0.138 e. The highest BCUT2D eigenvalue weighted by Gasteiger charge is 2.03. The summed E-state index contributed by atoms with van der Waals surface area (Å²) in [7, 11) is 0. The zero-order valence-corrected chi connectivity index (χ0v) is 10.1. The van der Waals surface area contributed by atoms with Gasteiger partial charge in [0.05, 0.1) is 12.2 Å². The van der Waals surface area contributed by atoms with Crippen LogP contribution in [0, 0.1) is 11.3 Å². The van der Waals surface area contributed by atoms with Crippen LogP contribution in [0.2, 0.25) is 0 Å². The van der Waals surface area contributed by atoms with Crippen LogP contribution in [0.4, 0.5) is 0 Å². The standard InChI is InChI=1S/C11H12BrNO2/c1-2-14-5-6-15-11-7-10(12)4-3-9(11)8-13/h3-4,7H,2,5-6H2,1H3. The van der Waals surface area contributed by atoms with Crippen molar-refractivity contribution in [1.29, 1.82) is 5.26 Å². The van der Waals surface area contributed by atoms with E-state index in [1.807, 2.05) is 13.0 Å². The number of halogens is 1. The molecule has 0 unspecified atom stereocenters. The van der Waals surface area contributed by atoms with Gasteiger partial charge in [-0.2, -0.15) is 5.26 Å². The Morgan fingerprint density at radius 2 is 2.20 bits per heavy atom. The van der Waals surface area contributed by atoms with Crippen molar-refractivity contribution in [1.82, 2.24) is 0 Å². The monoisotopic (exact) mass is 269 g/mol. The molecule has 0 N–H and O–H groups in total. The highest BCUT2D eigenvalue weighted by Crippen LogP contribution is 2.22. The smallest absolute Gasteiger partial charge is 0.138 e. The van der Waals surface area contributed by atoms with Crippen molar-refractivity contribution >= 4 is 15.9 Å². The van der Waals surface area contributed by atoms with Crippen LogP contribution in [-0.4, -0.2) is 19.8 Å². The molecule has 1 aromatic rings. The largest absolute Gasteiger partial charge is 0.490 e. The molecule has 80 valence electrons. The Morgan fingerprint density at radius 1 is 1.40 bits per heavy atom. The molecule has 0 saturated carbocycles. The van der Waals surface area contributed by atoms with Gasteiger partial charge in [0.2, 0.25) is 0 Å². The van der Waals surface area contributed by atoms with Crippen molar-refractivity contribution in [2.45, 2.75) is 6.92 Å². The van der Waals surface area contributed by atoms with Crippen molar-refractivity contribution in [3.8, 4) is 11.8 Å². The van der Waals surface area contributed by atoms with Crippen molar-refractivity contribution in [2.24, 2.45) is 0 Å². The predicted molar refractivity (Wildman–Crippen MR) is 60.8 cm³/mol. The number of hydrogen-bond donors (Lipinski definition) is 0. The summed E-state index contributed by atoms with van der Waals surface area (Å²) in [4.78, 5) is 0. The second-order valence-corrected chi connectivity index (χ2v) is 3.71. The van der Waals surface area contributed by atoms with Gasteiger partial charge in [-0.25, -0.2) is 0 Å². The van der Waals surface area contributed by atoms with Crippen LogP contribution in [0.5, 0.6) is 5.75 Å². The number of ether oxygens (including phenoxy) is 2. The van der Waals surface area contributed by atoms with Crippen molar-refractivity contribution < 1.29 is 9.47 Å². The highest BCUT2D eigenvalue weighted by molar-refractivity contribution is 9.10. The van der Waals surface area contributed by atoms with Gasteiger partial charge >= 0.3 is 0 Å². The van der Waals surface area contributed by atoms with E-state index in [1.54, 1.807) is 12.1 Å². The fourth-order valence-corrected chi connectivity index (χ4v) is 1.40. The van der Waals surface area contributed by atoms with E-state index in [2.05, 4.69) is 22.0 Å². The van der Waals surface area contributed by atoms with Crippen molar-refractivity contribution in [3.63, 3.8) is 0 Å². The molecule has 0 aliphatic rings. The fraction of sp³-hybridized carbons (Fsp3) is 0.364. The lowest BCUT2D eigenvalue weighted by Crippen LogP contribution is -2.07. The minimum Gasteiger partial charge on any atom is -0.490 e. The maximum absolute atomic E-state index is 8.84. The summed E-state index contributed by atoms with van der Waals surface area (Å²) in [5.74, 6) is 0.589. The molecule has 1 rings (SSSR count). The second-order valence-electron chi connectivity index (χ2n) is 2.80. The van der Waals surface area contributed by atoms with Crippen LogP contribution in [-0.2, 0) is 4.74 Å². The van der Waals surface area contributed by atoms with Crippen LogP contribution in [0.1, 0.15) is 12.5 Å². The first kappa shape index (κ1) is 12.0. The van der Waals surface area contributed by atoms with E-state index >= 15 is 0 Å². The van der Waals surface area contributed by atoms with E-state index in [0.29, 0.717) is 31.1 Å². The summed E-state index contributed by atoms with van der Waals surface area (Å²) in [6.45, 7) is 3.60. The molecule has 3 nitrogen and oxygen atoms in total. The molecule has 15 heavy (non-hydrogen) atoms. The lowest BCUT2D eigenvalue weighted by molar-refractivity contribution is 0.110. The molecule has 0 spiro atoms. The summed E-state index contributed by atoms with van der Waals surface area (Å²) >= 11 is 3.33. The topological polar surface area (TPSA) is 42.2 Å². The quantitative estimate of drug-likeness (QED) is 0.772. The van der Waals surface area contributed by atoms with Crippen LogP contribution in [0.25, 0.3) is 0 Å². The molecule has 1 aromatic carbocycles. The summed E-state index contributed by atoms with van der Waals surface area (Å²) in [5.41, 5.74) is 0.537. The van der Waals surface area contributed by atoms with Gasteiger partial charge in [-0.3, -0.25) is 0 Å². The Bertz CT molecular complexity index is 360. The number of nitrogens with zero attached hydrogens (tertiary/aromatic N) is 1. The molecule has 0 aliphatic heterocycles. The molecule has 0 amide bonds. The Labute approximate surface area is 97.7 Å². The van der Waals surface area contributed by atoms with Crippen molar-refractivity contribution in [2.75, 3.05) is 19.8 Å². The molecule has 0 radical (unpaired) electrons. The molecule has 0 aromatic heterocycles.